The van der Waals surface area contributed by atoms with Gasteiger partial charge in [-0.2, -0.15) is 0 Å². The third kappa shape index (κ3) is 3.01. The van der Waals surface area contributed by atoms with Crippen molar-refractivity contribution >= 4 is 11.3 Å². The van der Waals surface area contributed by atoms with E-state index in [2.05, 4.69) is 62.5 Å². The van der Waals surface area contributed by atoms with Gasteiger partial charge in [-0.1, -0.05) is 38.1 Å². The molecule has 0 aliphatic heterocycles. The second-order valence-corrected chi connectivity index (χ2v) is 5.86. The molecule has 0 amide bonds. The molecule has 0 radical (unpaired) electrons. The molecule has 0 aliphatic carbocycles. The first kappa shape index (κ1) is 13.3. The average molecular weight is 259 g/mol. The zero-order valence-corrected chi connectivity index (χ0v) is 12.2. The van der Waals surface area contributed by atoms with Crippen molar-refractivity contribution in [3.63, 3.8) is 0 Å². The Morgan fingerprint density at radius 2 is 2.00 bits per heavy atom. The SMILES string of the molecule is CCNC(c1cccc(CC)c1)c1ccc(C)s1. The van der Waals surface area contributed by atoms with Crippen LogP contribution in [-0.4, -0.2) is 6.54 Å². The third-order valence-corrected chi connectivity index (χ3v) is 4.21. The first-order chi connectivity index (χ1) is 8.74. The molecule has 1 nitrogen and oxygen atoms in total. The van der Waals surface area contributed by atoms with Crippen molar-refractivity contribution in [2.75, 3.05) is 6.54 Å². The molecule has 0 saturated carbocycles. The molecular formula is C16H21NS. The number of hydrogen-bond acceptors (Lipinski definition) is 2. The molecule has 2 heteroatoms. The molecule has 1 aromatic carbocycles. The predicted molar refractivity (Wildman–Crippen MR) is 80.4 cm³/mol. The van der Waals surface area contributed by atoms with Crippen molar-refractivity contribution in [1.29, 1.82) is 0 Å². The van der Waals surface area contributed by atoms with Crippen LogP contribution in [0.25, 0.3) is 0 Å². The molecule has 96 valence electrons. The first-order valence-electron chi connectivity index (χ1n) is 6.63. The number of thiophene rings is 1. The van der Waals surface area contributed by atoms with Crippen LogP contribution >= 0.6 is 11.3 Å². The lowest BCUT2D eigenvalue weighted by Crippen LogP contribution is -2.21. The van der Waals surface area contributed by atoms with E-state index in [0.29, 0.717) is 6.04 Å². The van der Waals surface area contributed by atoms with Gasteiger partial charge in [0, 0.05) is 9.75 Å². The third-order valence-electron chi connectivity index (χ3n) is 3.15. The quantitative estimate of drug-likeness (QED) is 0.843. The van der Waals surface area contributed by atoms with Gasteiger partial charge in [-0.05, 0) is 43.1 Å². The summed E-state index contributed by atoms with van der Waals surface area (Å²) in [7, 11) is 0. The summed E-state index contributed by atoms with van der Waals surface area (Å²) in [5.41, 5.74) is 2.78. The minimum absolute atomic E-state index is 0.334. The lowest BCUT2D eigenvalue weighted by molar-refractivity contribution is 0.639. The first-order valence-corrected chi connectivity index (χ1v) is 7.44. The standard InChI is InChI=1S/C16H21NS/c1-4-13-7-6-8-14(11-13)16(17-5-2)15-10-9-12(3)18-15/h6-11,16-17H,4-5H2,1-3H3. The van der Waals surface area contributed by atoms with Gasteiger partial charge in [-0.25, -0.2) is 0 Å². The summed E-state index contributed by atoms with van der Waals surface area (Å²) in [5, 5.41) is 3.59. The molecule has 1 heterocycles. The Morgan fingerprint density at radius 3 is 2.61 bits per heavy atom. The molecule has 18 heavy (non-hydrogen) atoms. The van der Waals surface area contributed by atoms with Gasteiger partial charge in [0.25, 0.3) is 0 Å². The van der Waals surface area contributed by atoms with Gasteiger partial charge in [-0.3, -0.25) is 0 Å². The Balaban J connectivity index is 2.34. The summed E-state index contributed by atoms with van der Waals surface area (Å²) in [6, 6.07) is 13.7. The number of rotatable bonds is 5. The van der Waals surface area contributed by atoms with E-state index in [0.717, 1.165) is 13.0 Å². The summed E-state index contributed by atoms with van der Waals surface area (Å²) in [5.74, 6) is 0. The van der Waals surface area contributed by atoms with Crippen LogP contribution in [0.4, 0.5) is 0 Å². The van der Waals surface area contributed by atoms with Gasteiger partial charge in [0.1, 0.15) is 0 Å². The highest BCUT2D eigenvalue weighted by Gasteiger charge is 2.14. The molecule has 1 atom stereocenters. The second-order valence-electron chi connectivity index (χ2n) is 4.54. The second kappa shape index (κ2) is 6.17. The van der Waals surface area contributed by atoms with Crippen LogP contribution in [0.3, 0.4) is 0 Å². The Morgan fingerprint density at radius 1 is 1.17 bits per heavy atom. The van der Waals surface area contributed by atoms with Crippen LogP contribution < -0.4 is 5.32 Å². The van der Waals surface area contributed by atoms with Gasteiger partial charge in [0.2, 0.25) is 0 Å². The van der Waals surface area contributed by atoms with Gasteiger partial charge in [0.15, 0.2) is 0 Å². The normalized spacial score (nSPS) is 12.6. The number of nitrogens with one attached hydrogen (secondary N) is 1. The van der Waals surface area contributed by atoms with E-state index in [9.17, 15) is 0 Å². The minimum atomic E-state index is 0.334. The zero-order chi connectivity index (χ0) is 13.0. The van der Waals surface area contributed by atoms with Gasteiger partial charge in [0.05, 0.1) is 6.04 Å². The molecule has 0 fully saturated rings. The number of hydrogen-bond donors (Lipinski definition) is 1. The maximum Gasteiger partial charge on any atom is 0.0671 e. The fraction of sp³-hybridized carbons (Fsp3) is 0.375. The summed E-state index contributed by atoms with van der Waals surface area (Å²) in [6.07, 6.45) is 1.09. The highest BCUT2D eigenvalue weighted by Crippen LogP contribution is 2.28. The van der Waals surface area contributed by atoms with Crippen LogP contribution in [0, 0.1) is 6.92 Å². The highest BCUT2D eigenvalue weighted by molar-refractivity contribution is 7.12. The topological polar surface area (TPSA) is 12.0 Å². The zero-order valence-electron chi connectivity index (χ0n) is 11.4. The molecule has 1 N–H and O–H groups in total. The van der Waals surface area contributed by atoms with Crippen LogP contribution in [0.15, 0.2) is 36.4 Å². The molecule has 1 unspecified atom stereocenters. The smallest absolute Gasteiger partial charge is 0.0671 e. The van der Waals surface area contributed by atoms with Crippen LogP contribution in [0.1, 0.15) is 40.8 Å². The highest BCUT2D eigenvalue weighted by atomic mass is 32.1. The van der Waals surface area contributed by atoms with E-state index in [1.165, 1.54) is 20.9 Å². The van der Waals surface area contributed by atoms with Gasteiger partial charge in [-0.15, -0.1) is 11.3 Å². The Kier molecular flexibility index (Phi) is 4.56. The molecule has 2 aromatic rings. The van der Waals surface area contributed by atoms with Crippen LogP contribution in [0.5, 0.6) is 0 Å². The molecule has 1 aromatic heterocycles. The molecule has 0 saturated heterocycles. The molecule has 0 spiro atoms. The Hall–Kier alpha value is -1.12. The lowest BCUT2D eigenvalue weighted by atomic mass is 10.0. The number of benzene rings is 1. The van der Waals surface area contributed by atoms with E-state index in [1.54, 1.807) is 0 Å². The van der Waals surface area contributed by atoms with Crippen molar-refractivity contribution in [3.8, 4) is 0 Å². The van der Waals surface area contributed by atoms with E-state index in [-0.39, 0.29) is 0 Å². The molecule has 0 aliphatic rings. The summed E-state index contributed by atoms with van der Waals surface area (Å²) >= 11 is 1.88. The minimum Gasteiger partial charge on any atom is -0.306 e. The fourth-order valence-corrected chi connectivity index (χ4v) is 3.17. The fourth-order valence-electron chi connectivity index (χ4n) is 2.19. The largest absolute Gasteiger partial charge is 0.306 e. The van der Waals surface area contributed by atoms with Crippen molar-refractivity contribution in [2.45, 2.75) is 33.2 Å². The molecule has 0 bridgehead atoms. The summed E-state index contributed by atoms with van der Waals surface area (Å²) < 4.78 is 0. The summed E-state index contributed by atoms with van der Waals surface area (Å²) in [6.45, 7) is 7.52. The van der Waals surface area contributed by atoms with E-state index < -0.39 is 0 Å². The van der Waals surface area contributed by atoms with Crippen molar-refractivity contribution in [1.82, 2.24) is 5.32 Å². The summed E-state index contributed by atoms with van der Waals surface area (Å²) in [4.78, 5) is 2.78. The Labute approximate surface area is 114 Å². The van der Waals surface area contributed by atoms with Crippen LogP contribution in [0.2, 0.25) is 0 Å². The Bertz CT molecular complexity index is 501. The lowest BCUT2D eigenvalue weighted by Gasteiger charge is -2.17. The molecular weight excluding hydrogens is 238 g/mol. The van der Waals surface area contributed by atoms with E-state index >= 15 is 0 Å². The predicted octanol–water partition coefficient (Wildman–Crippen LogP) is 4.32. The average Bonchev–Trinajstić information content (AvgIpc) is 2.82. The molecule has 2 rings (SSSR count). The number of aryl methyl sites for hydroxylation is 2. The maximum atomic E-state index is 3.59. The van der Waals surface area contributed by atoms with Crippen molar-refractivity contribution in [2.24, 2.45) is 0 Å². The van der Waals surface area contributed by atoms with Gasteiger partial charge >= 0.3 is 0 Å². The van der Waals surface area contributed by atoms with Gasteiger partial charge < -0.3 is 5.32 Å². The van der Waals surface area contributed by atoms with E-state index in [4.69, 9.17) is 0 Å². The van der Waals surface area contributed by atoms with Crippen molar-refractivity contribution in [3.05, 3.63) is 57.3 Å². The van der Waals surface area contributed by atoms with E-state index in [1.807, 2.05) is 11.3 Å². The van der Waals surface area contributed by atoms with Crippen molar-refractivity contribution < 1.29 is 0 Å². The monoisotopic (exact) mass is 259 g/mol. The van der Waals surface area contributed by atoms with Crippen LogP contribution in [-0.2, 0) is 6.42 Å². The maximum absolute atomic E-state index is 3.59.